The van der Waals surface area contributed by atoms with E-state index in [1.54, 1.807) is 12.1 Å². The molecule has 5 nitrogen and oxygen atoms in total. The van der Waals surface area contributed by atoms with Gasteiger partial charge in [0.25, 0.3) is 0 Å². The standard InChI is InChI=1S/C22H18ClNO4S/c23-20-10-9-19(29-20)18(11-21(25)26)24-22(27)28-12-17-15-7-3-1-5-13(15)14-6-2-4-8-16(14)17/h1-10,17-18H,11-12H2,(H,24,27)(H,25,26)/t18-/m0/s1. The summed E-state index contributed by atoms with van der Waals surface area (Å²) in [6, 6.07) is 18.9. The number of hydrogen-bond acceptors (Lipinski definition) is 4. The first kappa shape index (κ1) is 19.5. The Hall–Kier alpha value is -2.83. The largest absolute Gasteiger partial charge is 0.481 e. The van der Waals surface area contributed by atoms with Crippen LogP contribution in [0.15, 0.2) is 60.7 Å². The van der Waals surface area contributed by atoms with Gasteiger partial charge >= 0.3 is 12.1 Å². The molecule has 0 saturated heterocycles. The Labute approximate surface area is 176 Å². The summed E-state index contributed by atoms with van der Waals surface area (Å²) in [7, 11) is 0. The molecule has 1 aliphatic carbocycles. The third kappa shape index (κ3) is 4.13. The predicted octanol–water partition coefficient (Wildman–Crippen LogP) is 5.46. The Morgan fingerprint density at radius 2 is 1.66 bits per heavy atom. The van der Waals surface area contributed by atoms with Crippen LogP contribution in [0, 0.1) is 0 Å². The van der Waals surface area contributed by atoms with Gasteiger partial charge < -0.3 is 15.2 Å². The minimum atomic E-state index is -1.02. The maximum Gasteiger partial charge on any atom is 0.407 e. The lowest BCUT2D eigenvalue weighted by Gasteiger charge is -2.18. The quantitative estimate of drug-likeness (QED) is 0.548. The van der Waals surface area contributed by atoms with Crippen molar-refractivity contribution in [3.63, 3.8) is 0 Å². The summed E-state index contributed by atoms with van der Waals surface area (Å²) in [5.74, 6) is -1.07. The number of aliphatic carboxylic acids is 1. The van der Waals surface area contributed by atoms with Crippen molar-refractivity contribution in [3.05, 3.63) is 81.0 Å². The summed E-state index contributed by atoms with van der Waals surface area (Å²) in [5.41, 5.74) is 4.53. The number of carboxylic acids is 1. The van der Waals surface area contributed by atoms with Crippen LogP contribution in [0.1, 0.15) is 34.4 Å². The van der Waals surface area contributed by atoms with Gasteiger partial charge in [-0.05, 0) is 34.4 Å². The fourth-order valence-corrected chi connectivity index (χ4v) is 4.81. The molecule has 1 amide bonds. The smallest absolute Gasteiger partial charge is 0.407 e. The zero-order valence-electron chi connectivity index (χ0n) is 15.3. The molecule has 1 atom stereocenters. The SMILES string of the molecule is O=C(O)C[C@H](NC(=O)OCC1c2ccccc2-c2ccccc21)c1ccc(Cl)s1. The molecule has 0 radical (unpaired) electrons. The third-order valence-electron chi connectivity index (χ3n) is 4.95. The van der Waals surface area contributed by atoms with Crippen LogP contribution in [0.25, 0.3) is 11.1 Å². The van der Waals surface area contributed by atoms with Crippen molar-refractivity contribution in [1.29, 1.82) is 0 Å². The summed E-state index contributed by atoms with van der Waals surface area (Å²) in [4.78, 5) is 24.3. The molecule has 3 aromatic rings. The summed E-state index contributed by atoms with van der Waals surface area (Å²) in [6.07, 6.45) is -0.899. The molecule has 0 aliphatic heterocycles. The molecular weight excluding hydrogens is 410 g/mol. The fraction of sp³-hybridized carbons (Fsp3) is 0.182. The van der Waals surface area contributed by atoms with Gasteiger partial charge in [0.1, 0.15) is 6.61 Å². The molecule has 2 aromatic carbocycles. The first-order valence-electron chi connectivity index (χ1n) is 9.11. The van der Waals surface area contributed by atoms with Crippen LogP contribution in [-0.4, -0.2) is 23.8 Å². The highest BCUT2D eigenvalue weighted by Crippen LogP contribution is 2.44. The Balaban J connectivity index is 1.47. The second kappa shape index (κ2) is 8.27. The van der Waals surface area contributed by atoms with E-state index in [0.29, 0.717) is 9.21 Å². The molecule has 29 heavy (non-hydrogen) atoms. The first-order chi connectivity index (χ1) is 14.0. The summed E-state index contributed by atoms with van der Waals surface area (Å²) < 4.78 is 6.04. The van der Waals surface area contributed by atoms with Crippen molar-refractivity contribution in [2.45, 2.75) is 18.4 Å². The fourth-order valence-electron chi connectivity index (χ4n) is 3.70. The van der Waals surface area contributed by atoms with E-state index >= 15 is 0 Å². The Morgan fingerprint density at radius 1 is 1.03 bits per heavy atom. The lowest BCUT2D eigenvalue weighted by molar-refractivity contribution is -0.137. The predicted molar refractivity (Wildman–Crippen MR) is 113 cm³/mol. The second-order valence-electron chi connectivity index (χ2n) is 6.76. The van der Waals surface area contributed by atoms with Crippen LogP contribution in [0.3, 0.4) is 0 Å². The normalized spacial score (nSPS) is 13.4. The number of hydrogen-bond donors (Lipinski definition) is 2. The van der Waals surface area contributed by atoms with Crippen LogP contribution in [0.5, 0.6) is 0 Å². The summed E-state index contributed by atoms with van der Waals surface area (Å²) in [5, 5.41) is 11.8. The first-order valence-corrected chi connectivity index (χ1v) is 10.3. The van der Waals surface area contributed by atoms with E-state index < -0.39 is 18.1 Å². The van der Waals surface area contributed by atoms with Crippen molar-refractivity contribution >= 4 is 35.0 Å². The number of benzene rings is 2. The molecular formula is C22H18ClNO4S. The number of carbonyl (C=O) groups excluding carboxylic acids is 1. The van der Waals surface area contributed by atoms with Gasteiger partial charge in [-0.15, -0.1) is 11.3 Å². The van der Waals surface area contributed by atoms with Crippen LogP contribution in [0.4, 0.5) is 4.79 Å². The second-order valence-corrected chi connectivity index (χ2v) is 8.51. The molecule has 1 heterocycles. The van der Waals surface area contributed by atoms with Gasteiger partial charge in [-0.25, -0.2) is 4.79 Å². The van der Waals surface area contributed by atoms with Crippen molar-refractivity contribution in [3.8, 4) is 11.1 Å². The zero-order valence-corrected chi connectivity index (χ0v) is 16.9. The van der Waals surface area contributed by atoms with Crippen molar-refractivity contribution < 1.29 is 19.4 Å². The molecule has 7 heteroatoms. The highest BCUT2D eigenvalue weighted by Gasteiger charge is 2.29. The van der Waals surface area contributed by atoms with E-state index in [1.165, 1.54) is 11.3 Å². The number of nitrogens with one attached hydrogen (secondary N) is 1. The number of ether oxygens (including phenoxy) is 1. The molecule has 2 N–H and O–H groups in total. The van der Waals surface area contributed by atoms with E-state index in [4.69, 9.17) is 21.4 Å². The van der Waals surface area contributed by atoms with E-state index in [-0.39, 0.29) is 18.9 Å². The van der Waals surface area contributed by atoms with Gasteiger partial charge in [-0.3, -0.25) is 4.79 Å². The van der Waals surface area contributed by atoms with Gasteiger partial charge in [-0.1, -0.05) is 60.1 Å². The third-order valence-corrected chi connectivity index (χ3v) is 6.30. The van der Waals surface area contributed by atoms with Gasteiger partial charge in [-0.2, -0.15) is 0 Å². The lowest BCUT2D eigenvalue weighted by atomic mass is 9.98. The van der Waals surface area contributed by atoms with E-state index in [0.717, 1.165) is 22.3 Å². The monoisotopic (exact) mass is 427 g/mol. The highest BCUT2D eigenvalue weighted by atomic mass is 35.5. The molecule has 1 aromatic heterocycles. The topological polar surface area (TPSA) is 75.6 Å². The van der Waals surface area contributed by atoms with Crippen molar-refractivity contribution in [1.82, 2.24) is 5.32 Å². The van der Waals surface area contributed by atoms with Gasteiger partial charge in [0.2, 0.25) is 0 Å². The van der Waals surface area contributed by atoms with Crippen molar-refractivity contribution in [2.24, 2.45) is 0 Å². The van der Waals surface area contributed by atoms with Crippen LogP contribution in [0.2, 0.25) is 4.34 Å². The van der Waals surface area contributed by atoms with Crippen LogP contribution in [-0.2, 0) is 9.53 Å². The number of halogens is 1. The number of carbonyl (C=O) groups is 2. The van der Waals surface area contributed by atoms with Crippen LogP contribution >= 0.6 is 22.9 Å². The minimum absolute atomic E-state index is 0.0535. The molecule has 0 bridgehead atoms. The van der Waals surface area contributed by atoms with E-state index in [1.807, 2.05) is 36.4 Å². The Bertz CT molecular complexity index is 1020. The molecule has 0 saturated carbocycles. The molecule has 4 rings (SSSR count). The number of amides is 1. The average molecular weight is 428 g/mol. The van der Waals surface area contributed by atoms with Gasteiger partial charge in [0.05, 0.1) is 16.8 Å². The zero-order chi connectivity index (χ0) is 20.4. The number of alkyl carbamates (subject to hydrolysis) is 1. The summed E-state index contributed by atoms with van der Waals surface area (Å²) in [6.45, 7) is 0.171. The van der Waals surface area contributed by atoms with Crippen molar-refractivity contribution in [2.75, 3.05) is 6.61 Å². The Morgan fingerprint density at radius 3 is 2.21 bits per heavy atom. The number of thiophene rings is 1. The van der Waals surface area contributed by atoms with E-state index in [2.05, 4.69) is 17.4 Å². The number of carboxylic acid groups (broad SMARTS) is 1. The number of fused-ring (bicyclic) bond motifs is 3. The van der Waals surface area contributed by atoms with Gasteiger partial charge in [0, 0.05) is 10.8 Å². The number of rotatable bonds is 6. The average Bonchev–Trinajstić information content (AvgIpc) is 3.27. The molecule has 0 unspecified atom stereocenters. The maximum absolute atomic E-state index is 12.4. The summed E-state index contributed by atoms with van der Waals surface area (Å²) >= 11 is 7.18. The van der Waals surface area contributed by atoms with Gasteiger partial charge in [0.15, 0.2) is 0 Å². The highest BCUT2D eigenvalue weighted by molar-refractivity contribution is 7.16. The molecule has 148 valence electrons. The molecule has 0 spiro atoms. The molecule has 0 fully saturated rings. The molecule has 1 aliphatic rings. The maximum atomic E-state index is 12.4. The minimum Gasteiger partial charge on any atom is -0.481 e. The van der Waals surface area contributed by atoms with E-state index in [9.17, 15) is 9.59 Å². The lowest BCUT2D eigenvalue weighted by Crippen LogP contribution is -2.31. The Kier molecular flexibility index (Phi) is 5.56. The van der Waals surface area contributed by atoms with Crippen LogP contribution < -0.4 is 5.32 Å².